The average molecular weight is 593 g/mol. The highest BCUT2D eigenvalue weighted by molar-refractivity contribution is 6.50. The lowest BCUT2D eigenvalue weighted by Crippen LogP contribution is -2.44. The van der Waals surface area contributed by atoms with Gasteiger partial charge in [0.2, 0.25) is 5.91 Å². The van der Waals surface area contributed by atoms with Crippen LogP contribution in [0.5, 0.6) is 11.5 Å². The Morgan fingerprint density at radius 1 is 0.909 bits per heavy atom. The Bertz CT molecular complexity index is 2020. The number of rotatable bonds is 8. The van der Waals surface area contributed by atoms with Crippen LogP contribution in [0.15, 0.2) is 79.1 Å². The van der Waals surface area contributed by atoms with E-state index in [0.717, 1.165) is 15.8 Å². The van der Waals surface area contributed by atoms with Crippen molar-refractivity contribution in [1.82, 2.24) is 19.8 Å². The molecule has 3 amide bonds. The van der Waals surface area contributed by atoms with Gasteiger partial charge in [0.15, 0.2) is 11.5 Å². The van der Waals surface area contributed by atoms with Crippen LogP contribution in [-0.4, -0.2) is 68.6 Å². The minimum atomic E-state index is -1.07. The van der Waals surface area contributed by atoms with Crippen molar-refractivity contribution in [3.05, 3.63) is 95.8 Å². The van der Waals surface area contributed by atoms with Gasteiger partial charge in [-0.05, 0) is 29.8 Å². The van der Waals surface area contributed by atoms with Gasteiger partial charge in [-0.15, -0.1) is 0 Å². The Balaban J connectivity index is 1.37. The fourth-order valence-electron chi connectivity index (χ4n) is 5.66. The molecule has 11 nitrogen and oxygen atoms in total. The summed E-state index contributed by atoms with van der Waals surface area (Å²) in [5.74, 6) is -2.73. The van der Waals surface area contributed by atoms with E-state index in [4.69, 9.17) is 4.74 Å². The molecule has 0 unspecified atom stereocenters. The number of para-hydroxylation sites is 2. The lowest BCUT2D eigenvalue weighted by atomic mass is 9.95. The van der Waals surface area contributed by atoms with Crippen LogP contribution in [0.3, 0.4) is 0 Å². The van der Waals surface area contributed by atoms with Gasteiger partial charge >= 0.3 is 5.97 Å². The molecule has 0 saturated carbocycles. The quantitative estimate of drug-likeness (QED) is 0.122. The van der Waals surface area contributed by atoms with Crippen LogP contribution >= 0.6 is 0 Å². The Morgan fingerprint density at radius 2 is 1.59 bits per heavy atom. The largest absolute Gasteiger partial charge is 0.504 e. The minimum Gasteiger partial charge on any atom is -0.504 e. The maximum Gasteiger partial charge on any atom is 0.328 e. The second-order valence-electron chi connectivity index (χ2n) is 10.5. The number of hydrogen-bond acceptors (Lipinski definition) is 7. The number of amides is 3. The molecule has 1 aliphatic rings. The molecule has 0 bridgehead atoms. The predicted octanol–water partition coefficient (Wildman–Crippen LogP) is 3.34. The first-order valence-electron chi connectivity index (χ1n) is 13.8. The molecule has 5 aromatic rings. The normalized spacial score (nSPS) is 14.1. The first-order chi connectivity index (χ1) is 21.2. The van der Waals surface area contributed by atoms with Gasteiger partial charge in [0.1, 0.15) is 12.6 Å². The van der Waals surface area contributed by atoms with Crippen LogP contribution in [-0.2, 0) is 36.9 Å². The summed E-state index contributed by atoms with van der Waals surface area (Å²) < 4.78 is 6.55. The predicted molar refractivity (Wildman–Crippen MR) is 162 cm³/mol. The molecule has 4 N–H and O–H groups in total. The molecule has 3 aromatic carbocycles. The smallest absolute Gasteiger partial charge is 0.328 e. The van der Waals surface area contributed by atoms with Crippen molar-refractivity contribution in [2.24, 2.45) is 0 Å². The molecular weight excluding hydrogens is 564 g/mol. The molecule has 222 valence electrons. The van der Waals surface area contributed by atoms with E-state index in [1.165, 1.54) is 32.4 Å². The van der Waals surface area contributed by atoms with Gasteiger partial charge in [-0.2, -0.15) is 0 Å². The summed E-state index contributed by atoms with van der Waals surface area (Å²) in [7, 11) is 2.65. The van der Waals surface area contributed by atoms with Crippen molar-refractivity contribution in [1.29, 1.82) is 0 Å². The topological polar surface area (TPSA) is 154 Å². The molecule has 0 aliphatic carbocycles. The van der Waals surface area contributed by atoms with E-state index in [1.54, 1.807) is 29.1 Å². The van der Waals surface area contributed by atoms with Crippen LogP contribution < -0.4 is 5.32 Å². The molecule has 1 atom stereocenters. The first-order valence-corrected chi connectivity index (χ1v) is 13.8. The minimum absolute atomic E-state index is 0.00768. The number of phenols is 2. The number of methoxy groups -OCH3 is 1. The maximum atomic E-state index is 13.6. The van der Waals surface area contributed by atoms with Gasteiger partial charge in [0.05, 0.1) is 18.3 Å². The van der Waals surface area contributed by atoms with Crippen LogP contribution in [0, 0.1) is 0 Å². The average Bonchev–Trinajstić information content (AvgIpc) is 3.67. The Labute approximate surface area is 251 Å². The number of carbonyl (C=O) groups is 4. The number of ether oxygens (including phenoxy) is 1. The zero-order valence-corrected chi connectivity index (χ0v) is 23.8. The first kappa shape index (κ1) is 28.3. The number of benzene rings is 3. The Hall–Kier alpha value is -5.84. The molecule has 0 radical (unpaired) electrons. The van der Waals surface area contributed by atoms with Gasteiger partial charge in [0.25, 0.3) is 11.8 Å². The summed E-state index contributed by atoms with van der Waals surface area (Å²) in [4.78, 5) is 57.2. The van der Waals surface area contributed by atoms with E-state index < -0.39 is 29.7 Å². The van der Waals surface area contributed by atoms with Crippen molar-refractivity contribution in [3.63, 3.8) is 0 Å². The fraction of sp³-hybridized carbons (Fsp3) is 0.152. The highest BCUT2D eigenvalue weighted by Gasteiger charge is 2.39. The number of likely N-dealkylation sites (N-methyl/N-ethyl adjacent to an activating group) is 1. The summed E-state index contributed by atoms with van der Waals surface area (Å²) >= 11 is 0. The molecule has 0 saturated heterocycles. The Kier molecular flexibility index (Phi) is 7.14. The molecule has 1 aliphatic heterocycles. The molecule has 11 heteroatoms. The summed E-state index contributed by atoms with van der Waals surface area (Å²) in [5.41, 5.74) is 3.58. The third-order valence-electron chi connectivity index (χ3n) is 7.82. The number of H-pyrrole nitrogens is 1. The number of aromatic nitrogens is 2. The zero-order chi connectivity index (χ0) is 31.1. The van der Waals surface area contributed by atoms with Crippen LogP contribution in [0.4, 0.5) is 0 Å². The van der Waals surface area contributed by atoms with Gasteiger partial charge in [-0.1, -0.05) is 42.5 Å². The summed E-state index contributed by atoms with van der Waals surface area (Å²) in [6, 6.07) is 17.8. The second-order valence-corrected chi connectivity index (χ2v) is 10.5. The van der Waals surface area contributed by atoms with Gasteiger partial charge in [-0.3, -0.25) is 19.3 Å². The number of aromatic amines is 1. The molecule has 6 rings (SSSR count). The molecular formula is C33H28N4O7. The van der Waals surface area contributed by atoms with Crippen molar-refractivity contribution in [2.75, 3.05) is 14.2 Å². The van der Waals surface area contributed by atoms with Crippen LogP contribution in [0.25, 0.3) is 33.0 Å². The summed E-state index contributed by atoms with van der Waals surface area (Å²) in [6.07, 6.45) is 3.40. The molecule has 0 spiro atoms. The Morgan fingerprint density at radius 3 is 2.32 bits per heavy atom. The summed E-state index contributed by atoms with van der Waals surface area (Å²) in [5, 5.41) is 23.6. The van der Waals surface area contributed by atoms with E-state index in [9.17, 15) is 29.4 Å². The fourth-order valence-corrected chi connectivity index (χ4v) is 5.66. The van der Waals surface area contributed by atoms with E-state index in [2.05, 4.69) is 10.3 Å². The van der Waals surface area contributed by atoms with Crippen molar-refractivity contribution in [2.45, 2.75) is 19.0 Å². The number of esters is 1. The van der Waals surface area contributed by atoms with E-state index in [-0.39, 0.29) is 35.6 Å². The van der Waals surface area contributed by atoms with Crippen molar-refractivity contribution >= 4 is 56.6 Å². The number of aromatic hydroxyl groups is 2. The third kappa shape index (κ3) is 4.83. The SMILES string of the molecule is COC(=O)[C@H](Cc1ccc(O)c(O)c1)NC(=O)Cn1cc(C2=C(c3c[nH]c4ccccc34)C(=O)N(C)C2=O)c2ccccc21. The van der Waals surface area contributed by atoms with Crippen LogP contribution in [0.1, 0.15) is 16.7 Å². The monoisotopic (exact) mass is 592 g/mol. The number of hydrogen-bond donors (Lipinski definition) is 4. The number of fused-ring (bicyclic) bond motifs is 2. The van der Waals surface area contributed by atoms with Crippen molar-refractivity contribution in [3.8, 4) is 11.5 Å². The van der Waals surface area contributed by atoms with E-state index in [0.29, 0.717) is 27.6 Å². The standard InChI is InChI=1S/C33H28N4O7/c1-36-31(41)29(21-15-34-23-9-5-3-7-19(21)23)30(32(36)42)22-16-37(25-10-6-4-8-20(22)25)17-28(40)35-24(33(43)44-2)13-18-11-12-26(38)27(39)14-18/h3-12,14-16,24,34,38-39H,13,17H2,1-2H3,(H,35,40)/t24-/m0/s1. The molecule has 0 fully saturated rings. The van der Waals surface area contributed by atoms with Crippen LogP contribution in [0.2, 0.25) is 0 Å². The van der Waals surface area contributed by atoms with Crippen molar-refractivity contribution < 1.29 is 34.1 Å². The third-order valence-corrected chi connectivity index (χ3v) is 7.82. The number of phenolic OH excluding ortho intramolecular Hbond substituents is 2. The number of nitrogens with one attached hydrogen (secondary N) is 2. The second kappa shape index (κ2) is 11.1. The maximum absolute atomic E-state index is 13.6. The number of nitrogens with zero attached hydrogens (tertiary/aromatic N) is 2. The number of imide groups is 1. The zero-order valence-electron chi connectivity index (χ0n) is 23.8. The van der Waals surface area contributed by atoms with Gasteiger partial charge in [-0.25, -0.2) is 4.79 Å². The van der Waals surface area contributed by atoms with E-state index >= 15 is 0 Å². The van der Waals surface area contributed by atoms with E-state index in [1.807, 2.05) is 36.4 Å². The lowest BCUT2D eigenvalue weighted by molar-refractivity contribution is -0.145. The molecule has 2 aromatic heterocycles. The highest BCUT2D eigenvalue weighted by Crippen LogP contribution is 2.40. The van der Waals surface area contributed by atoms with Gasteiger partial charge < -0.3 is 29.8 Å². The highest BCUT2D eigenvalue weighted by atomic mass is 16.5. The lowest BCUT2D eigenvalue weighted by Gasteiger charge is -2.17. The molecule has 3 heterocycles. The van der Waals surface area contributed by atoms with Gasteiger partial charge in [0, 0.05) is 58.8 Å². The summed E-state index contributed by atoms with van der Waals surface area (Å²) in [6.45, 7) is -0.206. The number of carbonyl (C=O) groups excluding carboxylic acids is 4. The molecule has 44 heavy (non-hydrogen) atoms.